The van der Waals surface area contributed by atoms with E-state index in [-0.39, 0.29) is 11.3 Å². The van der Waals surface area contributed by atoms with Crippen LogP contribution in [0.15, 0.2) is 58.5 Å². The van der Waals surface area contributed by atoms with Gasteiger partial charge >= 0.3 is 0 Å². The van der Waals surface area contributed by atoms with Crippen LogP contribution < -0.4 is 25.1 Å². The molecule has 8 nitrogen and oxygen atoms in total. The van der Waals surface area contributed by atoms with Gasteiger partial charge in [-0.15, -0.1) is 0 Å². The molecule has 0 amide bonds. The summed E-state index contributed by atoms with van der Waals surface area (Å²) in [6.45, 7) is 0. The number of hydrogen-bond donors (Lipinski definition) is 2. The third-order valence-corrected chi connectivity index (χ3v) is 6.30. The van der Waals surface area contributed by atoms with E-state index < -0.39 is 5.92 Å². The molecule has 0 radical (unpaired) electrons. The lowest BCUT2D eigenvalue weighted by Crippen LogP contribution is -2.30. The highest BCUT2D eigenvalue weighted by Gasteiger charge is 2.40. The number of carbonyl (C=O) groups excluding carboxylic acids is 1. The van der Waals surface area contributed by atoms with Gasteiger partial charge in [-0.25, -0.2) is 4.68 Å². The Hall–Kier alpha value is -3.94. The normalized spacial score (nSPS) is 17.2. The SMILES string of the molecule is COc1cc(OC)c(C2C3=C(CCCC3=O)Nc3[nH]n(-c4ccccc4)c(=O)c32)cc1OC. The lowest BCUT2D eigenvalue weighted by Gasteiger charge is -2.32. The summed E-state index contributed by atoms with van der Waals surface area (Å²) in [4.78, 5) is 26.9. The lowest BCUT2D eigenvalue weighted by atomic mass is 9.76. The Balaban J connectivity index is 1.79. The van der Waals surface area contributed by atoms with E-state index in [1.807, 2.05) is 30.3 Å². The van der Waals surface area contributed by atoms with Crippen LogP contribution in [0.4, 0.5) is 5.82 Å². The first-order chi connectivity index (χ1) is 16.1. The highest BCUT2D eigenvalue weighted by Crippen LogP contribution is 2.48. The number of carbonyl (C=O) groups is 1. The number of allylic oxidation sites excluding steroid dienone is 2. The minimum Gasteiger partial charge on any atom is -0.496 e. The van der Waals surface area contributed by atoms with Crippen molar-refractivity contribution in [3.05, 3.63) is 75.2 Å². The first-order valence-corrected chi connectivity index (χ1v) is 10.8. The van der Waals surface area contributed by atoms with E-state index in [1.54, 1.807) is 33.5 Å². The number of aromatic amines is 1. The fraction of sp³-hybridized carbons (Fsp3) is 0.280. The number of rotatable bonds is 5. The zero-order valence-corrected chi connectivity index (χ0v) is 18.7. The number of methoxy groups -OCH3 is 3. The van der Waals surface area contributed by atoms with Crippen molar-refractivity contribution in [2.45, 2.75) is 25.2 Å². The highest BCUT2D eigenvalue weighted by molar-refractivity contribution is 6.01. The van der Waals surface area contributed by atoms with Crippen molar-refractivity contribution in [1.29, 1.82) is 0 Å². The van der Waals surface area contributed by atoms with Crippen LogP contribution >= 0.6 is 0 Å². The number of Topliss-reactive ketones (excluding diaryl/α,β-unsaturated/α-hetero) is 1. The number of aromatic nitrogens is 2. The van der Waals surface area contributed by atoms with Gasteiger partial charge in [0.1, 0.15) is 11.6 Å². The van der Waals surface area contributed by atoms with Crippen LogP contribution in [0.5, 0.6) is 17.2 Å². The first-order valence-electron chi connectivity index (χ1n) is 10.8. The molecule has 8 heteroatoms. The van der Waals surface area contributed by atoms with E-state index in [9.17, 15) is 9.59 Å². The van der Waals surface area contributed by atoms with E-state index in [4.69, 9.17) is 14.2 Å². The number of benzene rings is 2. The summed E-state index contributed by atoms with van der Waals surface area (Å²) < 4.78 is 18.2. The van der Waals surface area contributed by atoms with Crippen LogP contribution in [0.25, 0.3) is 5.69 Å². The molecule has 33 heavy (non-hydrogen) atoms. The van der Waals surface area contributed by atoms with E-state index in [1.165, 1.54) is 4.68 Å². The second-order valence-corrected chi connectivity index (χ2v) is 8.05. The number of hydrogen-bond acceptors (Lipinski definition) is 6. The number of nitrogens with one attached hydrogen (secondary N) is 2. The molecule has 2 aromatic carbocycles. The zero-order valence-electron chi connectivity index (χ0n) is 18.7. The molecule has 0 saturated carbocycles. The van der Waals surface area contributed by atoms with Crippen LogP contribution in [-0.4, -0.2) is 36.9 Å². The van der Waals surface area contributed by atoms with Crippen LogP contribution in [0.3, 0.4) is 0 Å². The fourth-order valence-electron chi connectivity index (χ4n) is 4.79. The average molecular weight is 447 g/mol. The second kappa shape index (κ2) is 8.20. The van der Waals surface area contributed by atoms with Crippen molar-refractivity contribution < 1.29 is 19.0 Å². The predicted molar refractivity (Wildman–Crippen MR) is 124 cm³/mol. The number of ketones is 1. The molecule has 1 aromatic heterocycles. The molecule has 5 rings (SSSR count). The van der Waals surface area contributed by atoms with Gasteiger partial charge in [0.05, 0.1) is 38.5 Å². The maximum atomic E-state index is 13.7. The predicted octanol–water partition coefficient (Wildman–Crippen LogP) is 3.76. The molecule has 1 aliphatic heterocycles. The molecule has 170 valence electrons. The largest absolute Gasteiger partial charge is 0.496 e. The molecule has 3 aromatic rings. The van der Waals surface area contributed by atoms with Crippen LogP contribution in [0.1, 0.15) is 36.3 Å². The number of nitrogens with zero attached hydrogens (tertiary/aromatic N) is 1. The monoisotopic (exact) mass is 447 g/mol. The number of para-hydroxylation sites is 1. The molecule has 1 atom stereocenters. The summed E-state index contributed by atoms with van der Waals surface area (Å²) in [5.41, 5.74) is 3.07. The maximum absolute atomic E-state index is 13.7. The minimum atomic E-state index is -0.604. The molecule has 0 saturated heterocycles. The maximum Gasteiger partial charge on any atom is 0.277 e. The molecule has 0 fully saturated rings. The summed E-state index contributed by atoms with van der Waals surface area (Å²) >= 11 is 0. The Morgan fingerprint density at radius 3 is 2.30 bits per heavy atom. The molecule has 2 heterocycles. The van der Waals surface area contributed by atoms with E-state index in [2.05, 4.69) is 10.4 Å². The van der Waals surface area contributed by atoms with Crippen LogP contribution in [0.2, 0.25) is 0 Å². The number of anilines is 1. The van der Waals surface area contributed by atoms with Gasteiger partial charge in [-0.05, 0) is 31.0 Å². The highest BCUT2D eigenvalue weighted by atomic mass is 16.5. The molecular formula is C25H25N3O5. The Bertz CT molecular complexity index is 1320. The summed E-state index contributed by atoms with van der Waals surface area (Å²) in [6.07, 6.45) is 1.93. The average Bonchev–Trinajstić information content (AvgIpc) is 3.18. The summed E-state index contributed by atoms with van der Waals surface area (Å²) in [6, 6.07) is 12.9. The van der Waals surface area contributed by atoms with Gasteiger partial charge in [-0.1, -0.05) is 18.2 Å². The van der Waals surface area contributed by atoms with E-state index in [0.29, 0.717) is 51.9 Å². The van der Waals surface area contributed by atoms with Gasteiger partial charge in [0.25, 0.3) is 5.56 Å². The number of fused-ring (bicyclic) bond motifs is 1. The smallest absolute Gasteiger partial charge is 0.277 e. The minimum absolute atomic E-state index is 0.0306. The molecule has 2 aliphatic rings. The molecule has 1 aliphatic carbocycles. The summed E-state index contributed by atoms with van der Waals surface area (Å²) in [5.74, 6) is 1.53. The van der Waals surface area contributed by atoms with Crippen molar-refractivity contribution in [2.24, 2.45) is 0 Å². The summed E-state index contributed by atoms with van der Waals surface area (Å²) in [7, 11) is 4.66. The Morgan fingerprint density at radius 2 is 1.61 bits per heavy atom. The summed E-state index contributed by atoms with van der Waals surface area (Å²) in [5, 5.41) is 6.54. The van der Waals surface area contributed by atoms with Gasteiger partial charge in [0, 0.05) is 29.3 Å². The topological polar surface area (TPSA) is 94.6 Å². The van der Waals surface area contributed by atoms with Gasteiger partial charge in [-0.2, -0.15) is 0 Å². The lowest BCUT2D eigenvalue weighted by molar-refractivity contribution is -0.116. The number of H-pyrrole nitrogens is 1. The molecule has 0 spiro atoms. The molecular weight excluding hydrogens is 422 g/mol. The Morgan fingerprint density at radius 1 is 0.909 bits per heavy atom. The molecule has 2 N–H and O–H groups in total. The number of ether oxygens (including phenoxy) is 3. The van der Waals surface area contributed by atoms with Gasteiger partial charge < -0.3 is 19.5 Å². The van der Waals surface area contributed by atoms with Crippen LogP contribution in [-0.2, 0) is 4.79 Å². The van der Waals surface area contributed by atoms with E-state index in [0.717, 1.165) is 18.5 Å². The molecule has 1 unspecified atom stereocenters. The van der Waals surface area contributed by atoms with E-state index >= 15 is 0 Å². The van der Waals surface area contributed by atoms with Crippen molar-refractivity contribution in [1.82, 2.24) is 9.78 Å². The third kappa shape index (κ3) is 3.29. The van der Waals surface area contributed by atoms with Gasteiger partial charge in [-0.3, -0.25) is 14.7 Å². The Labute approximate surface area is 190 Å². The van der Waals surface area contributed by atoms with Crippen LogP contribution in [0, 0.1) is 0 Å². The van der Waals surface area contributed by atoms with Crippen molar-refractivity contribution in [2.75, 3.05) is 26.6 Å². The second-order valence-electron chi connectivity index (χ2n) is 8.05. The fourth-order valence-corrected chi connectivity index (χ4v) is 4.79. The van der Waals surface area contributed by atoms with Gasteiger partial charge in [0.2, 0.25) is 0 Å². The van der Waals surface area contributed by atoms with Gasteiger partial charge in [0.15, 0.2) is 17.3 Å². The first kappa shape index (κ1) is 20.9. The quantitative estimate of drug-likeness (QED) is 0.619. The Kier molecular flexibility index (Phi) is 5.20. The molecule has 0 bridgehead atoms. The standard InChI is InChI=1S/C25H25N3O5/c1-31-18-13-20(33-3)19(32-2)12-15(18)21-22-16(10-7-11-17(22)29)26-24-23(21)25(30)28(27-24)14-8-5-4-6-9-14/h4-6,8-9,12-13,21,26-27H,7,10-11H2,1-3H3. The third-order valence-electron chi connectivity index (χ3n) is 6.30. The van der Waals surface area contributed by atoms with Crippen molar-refractivity contribution >= 4 is 11.6 Å². The van der Waals surface area contributed by atoms with Crippen molar-refractivity contribution in [3.8, 4) is 22.9 Å². The van der Waals surface area contributed by atoms with Crippen molar-refractivity contribution in [3.63, 3.8) is 0 Å². The zero-order chi connectivity index (χ0) is 23.1.